The number of ether oxygens (including phenoxy) is 1. The number of anilines is 1. The lowest BCUT2D eigenvalue weighted by Gasteiger charge is -2.28. The van der Waals surface area contributed by atoms with Crippen molar-refractivity contribution >= 4 is 17.3 Å². The van der Waals surface area contributed by atoms with Gasteiger partial charge in [0.1, 0.15) is 11.5 Å². The molecule has 3 aromatic rings. The predicted octanol–water partition coefficient (Wildman–Crippen LogP) is 3.99. The van der Waals surface area contributed by atoms with Gasteiger partial charge in [0.05, 0.1) is 22.9 Å². The summed E-state index contributed by atoms with van der Waals surface area (Å²) in [6.07, 6.45) is 4.02. The molecular weight excluding hydrogens is 346 g/mol. The highest BCUT2D eigenvalue weighted by atomic mass is 16.6. The van der Waals surface area contributed by atoms with E-state index in [4.69, 9.17) is 4.74 Å². The summed E-state index contributed by atoms with van der Waals surface area (Å²) in [6, 6.07) is 14.9. The first kappa shape index (κ1) is 16.7. The Morgan fingerprint density at radius 2 is 1.93 bits per heavy atom. The van der Waals surface area contributed by atoms with Crippen molar-refractivity contribution in [3.63, 3.8) is 0 Å². The van der Waals surface area contributed by atoms with Gasteiger partial charge in [-0.25, -0.2) is 0 Å². The van der Waals surface area contributed by atoms with Crippen molar-refractivity contribution in [1.82, 2.24) is 4.98 Å². The lowest BCUT2D eigenvalue weighted by Crippen LogP contribution is -2.37. The Morgan fingerprint density at radius 1 is 1.07 bits per heavy atom. The average molecular weight is 361 g/mol. The van der Waals surface area contributed by atoms with Gasteiger partial charge in [0, 0.05) is 24.4 Å². The van der Waals surface area contributed by atoms with Crippen molar-refractivity contribution < 1.29 is 14.5 Å². The minimum atomic E-state index is -0.467. The van der Waals surface area contributed by atoms with Crippen LogP contribution < -0.4 is 9.64 Å². The lowest BCUT2D eigenvalue weighted by molar-refractivity contribution is -0.384. The molecule has 0 saturated heterocycles. The summed E-state index contributed by atoms with van der Waals surface area (Å²) < 4.78 is 5.74. The number of pyridine rings is 1. The van der Waals surface area contributed by atoms with Crippen LogP contribution >= 0.6 is 0 Å². The molecule has 0 atom stereocenters. The molecular formula is C20H15N3O4. The number of carbonyl (C=O) groups is 1. The Bertz CT molecular complexity index is 1020. The van der Waals surface area contributed by atoms with Crippen molar-refractivity contribution in [3.8, 4) is 11.5 Å². The monoisotopic (exact) mass is 361 g/mol. The fourth-order valence-corrected chi connectivity index (χ4v) is 3.08. The minimum Gasteiger partial charge on any atom is -0.457 e. The maximum absolute atomic E-state index is 12.8. The van der Waals surface area contributed by atoms with Gasteiger partial charge in [-0.1, -0.05) is 6.07 Å². The third kappa shape index (κ3) is 3.35. The molecule has 0 fully saturated rings. The molecule has 2 heterocycles. The third-order valence-electron chi connectivity index (χ3n) is 4.38. The second-order valence-corrected chi connectivity index (χ2v) is 6.09. The van der Waals surface area contributed by atoms with Gasteiger partial charge in [-0.2, -0.15) is 0 Å². The molecule has 1 aliphatic heterocycles. The molecule has 0 radical (unpaired) electrons. The molecule has 1 aliphatic rings. The molecule has 2 aromatic carbocycles. The summed E-state index contributed by atoms with van der Waals surface area (Å²) in [5.41, 5.74) is 2.25. The van der Waals surface area contributed by atoms with Crippen LogP contribution in [0.4, 0.5) is 11.4 Å². The van der Waals surface area contributed by atoms with E-state index in [1.165, 1.54) is 12.1 Å². The number of hydrogen-bond donors (Lipinski definition) is 0. The fourth-order valence-electron chi connectivity index (χ4n) is 3.08. The average Bonchev–Trinajstić information content (AvgIpc) is 2.69. The van der Waals surface area contributed by atoms with Gasteiger partial charge in [0.2, 0.25) is 0 Å². The molecule has 0 saturated carbocycles. The highest BCUT2D eigenvalue weighted by Crippen LogP contribution is 2.30. The minimum absolute atomic E-state index is 0.0345. The van der Waals surface area contributed by atoms with E-state index in [1.54, 1.807) is 47.6 Å². The van der Waals surface area contributed by atoms with Crippen molar-refractivity contribution in [1.29, 1.82) is 0 Å². The zero-order valence-electron chi connectivity index (χ0n) is 14.2. The number of benzene rings is 2. The SMILES string of the molecule is O=C1c2ccc(Oc3cccc([N+](=O)[O-])c3)cc2CCN1c1cccnc1. The van der Waals surface area contributed by atoms with Crippen LogP contribution in [-0.2, 0) is 6.42 Å². The summed E-state index contributed by atoms with van der Waals surface area (Å²) in [5, 5.41) is 10.9. The van der Waals surface area contributed by atoms with E-state index in [1.807, 2.05) is 12.1 Å². The van der Waals surface area contributed by atoms with Gasteiger partial charge in [0.25, 0.3) is 11.6 Å². The molecule has 27 heavy (non-hydrogen) atoms. The van der Waals surface area contributed by atoms with Crippen LogP contribution in [0.3, 0.4) is 0 Å². The topological polar surface area (TPSA) is 85.6 Å². The highest BCUT2D eigenvalue weighted by molar-refractivity contribution is 6.08. The molecule has 0 aliphatic carbocycles. The zero-order valence-corrected chi connectivity index (χ0v) is 14.2. The van der Waals surface area contributed by atoms with Crippen LogP contribution in [0.1, 0.15) is 15.9 Å². The molecule has 0 bridgehead atoms. The van der Waals surface area contributed by atoms with Crippen LogP contribution in [0.25, 0.3) is 0 Å². The molecule has 7 nitrogen and oxygen atoms in total. The van der Waals surface area contributed by atoms with Crippen LogP contribution in [-0.4, -0.2) is 22.4 Å². The summed E-state index contributed by atoms with van der Waals surface area (Å²) >= 11 is 0. The van der Waals surface area contributed by atoms with Crippen LogP contribution in [0.2, 0.25) is 0 Å². The van der Waals surface area contributed by atoms with E-state index in [9.17, 15) is 14.9 Å². The summed E-state index contributed by atoms with van der Waals surface area (Å²) in [5.74, 6) is 0.839. The number of non-ortho nitro benzene ring substituents is 1. The number of nitrogens with zero attached hydrogens (tertiary/aromatic N) is 3. The van der Waals surface area contributed by atoms with E-state index in [-0.39, 0.29) is 11.6 Å². The predicted molar refractivity (Wildman–Crippen MR) is 99.2 cm³/mol. The summed E-state index contributed by atoms with van der Waals surface area (Å²) in [7, 11) is 0. The number of rotatable bonds is 4. The Labute approximate surface area is 155 Å². The molecule has 134 valence electrons. The third-order valence-corrected chi connectivity index (χ3v) is 4.38. The second-order valence-electron chi connectivity index (χ2n) is 6.09. The highest BCUT2D eigenvalue weighted by Gasteiger charge is 2.26. The molecule has 0 spiro atoms. The van der Waals surface area contributed by atoms with E-state index in [0.717, 1.165) is 11.3 Å². The van der Waals surface area contributed by atoms with Gasteiger partial charge in [-0.05, 0) is 48.4 Å². The Balaban J connectivity index is 1.58. The molecule has 1 amide bonds. The molecule has 7 heteroatoms. The normalized spacial score (nSPS) is 13.2. The van der Waals surface area contributed by atoms with Crippen LogP contribution in [0, 0.1) is 10.1 Å². The maximum Gasteiger partial charge on any atom is 0.273 e. The smallest absolute Gasteiger partial charge is 0.273 e. The van der Waals surface area contributed by atoms with Gasteiger partial charge < -0.3 is 9.64 Å². The van der Waals surface area contributed by atoms with Crippen molar-refractivity contribution in [3.05, 3.63) is 88.2 Å². The Morgan fingerprint density at radius 3 is 2.70 bits per heavy atom. The van der Waals surface area contributed by atoms with Crippen molar-refractivity contribution in [2.45, 2.75) is 6.42 Å². The maximum atomic E-state index is 12.8. The number of amides is 1. The number of nitro benzene ring substituents is 1. The summed E-state index contributed by atoms with van der Waals surface area (Å²) in [4.78, 5) is 29.0. The number of nitro groups is 1. The van der Waals surface area contributed by atoms with E-state index in [2.05, 4.69) is 4.98 Å². The molecule has 1 aromatic heterocycles. The largest absolute Gasteiger partial charge is 0.457 e. The number of carbonyl (C=O) groups excluding carboxylic acids is 1. The first-order valence-corrected chi connectivity index (χ1v) is 8.39. The van der Waals surface area contributed by atoms with Crippen LogP contribution in [0.15, 0.2) is 67.0 Å². The van der Waals surface area contributed by atoms with Crippen molar-refractivity contribution in [2.24, 2.45) is 0 Å². The van der Waals surface area contributed by atoms with E-state index < -0.39 is 4.92 Å². The fraction of sp³-hybridized carbons (Fsp3) is 0.100. The van der Waals surface area contributed by atoms with E-state index >= 15 is 0 Å². The second kappa shape index (κ2) is 6.87. The molecule has 0 unspecified atom stereocenters. The summed E-state index contributed by atoms with van der Waals surface area (Å²) in [6.45, 7) is 0.553. The van der Waals surface area contributed by atoms with Gasteiger partial charge in [-0.15, -0.1) is 0 Å². The first-order valence-electron chi connectivity index (χ1n) is 8.39. The first-order chi connectivity index (χ1) is 13.1. The Kier molecular flexibility index (Phi) is 4.25. The van der Waals surface area contributed by atoms with Gasteiger partial charge in [-0.3, -0.25) is 19.9 Å². The molecule has 4 rings (SSSR count). The van der Waals surface area contributed by atoms with Gasteiger partial charge in [0.15, 0.2) is 0 Å². The number of hydrogen-bond acceptors (Lipinski definition) is 5. The quantitative estimate of drug-likeness (QED) is 0.518. The Hall–Kier alpha value is -3.74. The van der Waals surface area contributed by atoms with Crippen LogP contribution in [0.5, 0.6) is 11.5 Å². The lowest BCUT2D eigenvalue weighted by atomic mass is 9.98. The van der Waals surface area contributed by atoms with E-state index in [0.29, 0.717) is 30.0 Å². The van der Waals surface area contributed by atoms with Crippen molar-refractivity contribution in [2.75, 3.05) is 11.4 Å². The number of aromatic nitrogens is 1. The van der Waals surface area contributed by atoms with Gasteiger partial charge >= 0.3 is 0 Å². The number of fused-ring (bicyclic) bond motifs is 1. The molecule has 0 N–H and O–H groups in total. The zero-order chi connectivity index (χ0) is 18.8. The standard InChI is InChI=1S/C20H15N3O4/c24-20-19-7-6-18(27-17-5-1-3-15(12-17)23(25)26)11-14(19)8-10-22(20)16-4-2-9-21-13-16/h1-7,9,11-13H,8,10H2.